The number of nitrogens with two attached hydrogens (primary N) is 3. The van der Waals surface area contributed by atoms with Crippen molar-refractivity contribution in [3.05, 3.63) is 17.3 Å². The van der Waals surface area contributed by atoms with Crippen molar-refractivity contribution < 1.29 is 13.6 Å². The van der Waals surface area contributed by atoms with E-state index in [1.54, 1.807) is 0 Å². The maximum atomic E-state index is 12.3. The molecule has 0 aliphatic carbocycles. The number of alkyl halides is 2. The van der Waals surface area contributed by atoms with Gasteiger partial charge in [-0.3, -0.25) is 4.79 Å². The summed E-state index contributed by atoms with van der Waals surface area (Å²) < 4.78 is 24.6. The second kappa shape index (κ2) is 3.44. The maximum Gasteiger partial charge on any atom is 0.282 e. The maximum absolute atomic E-state index is 12.3. The van der Waals surface area contributed by atoms with E-state index in [0.29, 0.717) is 0 Å². The molecule has 0 unspecified atom stereocenters. The summed E-state index contributed by atoms with van der Waals surface area (Å²) >= 11 is 0. The van der Waals surface area contributed by atoms with Crippen molar-refractivity contribution in [1.29, 1.82) is 0 Å². The number of primary amides is 1. The van der Waals surface area contributed by atoms with E-state index in [0.717, 1.165) is 6.07 Å². The van der Waals surface area contributed by atoms with Crippen LogP contribution < -0.4 is 17.2 Å². The molecule has 1 aromatic rings. The van der Waals surface area contributed by atoms with Crippen LogP contribution in [0.2, 0.25) is 0 Å². The van der Waals surface area contributed by atoms with Crippen LogP contribution >= 0.6 is 0 Å². The van der Waals surface area contributed by atoms with Gasteiger partial charge < -0.3 is 17.2 Å². The van der Waals surface area contributed by atoms with E-state index < -0.39 is 23.7 Å². The molecule has 0 aliphatic heterocycles. The van der Waals surface area contributed by atoms with Gasteiger partial charge in [0.1, 0.15) is 11.5 Å². The highest BCUT2D eigenvalue weighted by Crippen LogP contribution is 2.26. The van der Waals surface area contributed by atoms with E-state index in [9.17, 15) is 13.6 Å². The molecule has 0 fully saturated rings. The molecule has 14 heavy (non-hydrogen) atoms. The van der Waals surface area contributed by atoms with Crippen LogP contribution in [0.25, 0.3) is 0 Å². The average Bonchev–Trinajstić information content (AvgIpc) is 2.07. The number of carbonyl (C=O) groups is 1. The number of anilines is 2. The number of pyridine rings is 1. The van der Waals surface area contributed by atoms with Gasteiger partial charge in [-0.2, -0.15) is 0 Å². The Balaban J connectivity index is 3.40. The minimum atomic E-state index is -2.89. The van der Waals surface area contributed by atoms with Gasteiger partial charge in [0.2, 0.25) is 0 Å². The molecule has 1 rings (SSSR count). The number of aromatic nitrogens is 1. The van der Waals surface area contributed by atoms with Gasteiger partial charge in [0.15, 0.2) is 0 Å². The number of nitrogens with zero attached hydrogens (tertiary/aromatic N) is 1. The Kier molecular flexibility index (Phi) is 2.50. The second-order valence-corrected chi connectivity index (χ2v) is 2.56. The standard InChI is InChI=1S/C7H8F2N4O/c8-6(9)5-4(11)2(7(12)14)1-3(10)13-5/h1,6H,11H2,(H2,10,13)(H2,12,14). The van der Waals surface area contributed by atoms with Crippen molar-refractivity contribution in [3.63, 3.8) is 0 Å². The van der Waals surface area contributed by atoms with E-state index in [1.807, 2.05) is 0 Å². The molecule has 0 bridgehead atoms. The first-order chi connectivity index (χ1) is 6.43. The van der Waals surface area contributed by atoms with Gasteiger partial charge >= 0.3 is 0 Å². The van der Waals surface area contributed by atoms with Gasteiger partial charge in [-0.25, -0.2) is 13.8 Å². The monoisotopic (exact) mass is 202 g/mol. The number of carbonyl (C=O) groups excluding carboxylic acids is 1. The number of nitrogen functional groups attached to an aromatic ring is 2. The fourth-order valence-electron chi connectivity index (χ4n) is 0.965. The van der Waals surface area contributed by atoms with Crippen LogP contribution in [-0.2, 0) is 0 Å². The molecule has 0 aliphatic rings. The summed E-state index contributed by atoms with van der Waals surface area (Å²) in [7, 11) is 0. The van der Waals surface area contributed by atoms with Gasteiger partial charge in [0, 0.05) is 0 Å². The van der Waals surface area contributed by atoms with Crippen LogP contribution in [0.15, 0.2) is 6.07 Å². The molecule has 76 valence electrons. The SMILES string of the molecule is NC(=O)c1cc(N)nc(C(F)F)c1N. The largest absolute Gasteiger partial charge is 0.396 e. The zero-order valence-corrected chi connectivity index (χ0v) is 7.00. The first-order valence-corrected chi connectivity index (χ1v) is 3.57. The summed E-state index contributed by atoms with van der Waals surface area (Å²) in [4.78, 5) is 14.1. The summed E-state index contributed by atoms with van der Waals surface area (Å²) in [5.74, 6) is -1.14. The summed E-state index contributed by atoms with van der Waals surface area (Å²) in [5, 5.41) is 0. The van der Waals surface area contributed by atoms with Crippen LogP contribution in [-0.4, -0.2) is 10.9 Å². The molecule has 0 saturated carbocycles. The predicted molar refractivity (Wildman–Crippen MR) is 46.5 cm³/mol. The molecule has 5 nitrogen and oxygen atoms in total. The lowest BCUT2D eigenvalue weighted by Gasteiger charge is -2.08. The highest BCUT2D eigenvalue weighted by atomic mass is 19.3. The van der Waals surface area contributed by atoms with Crippen molar-refractivity contribution in [1.82, 2.24) is 4.98 Å². The Morgan fingerprint density at radius 2 is 2.00 bits per heavy atom. The normalized spacial score (nSPS) is 10.5. The Labute approximate surface area is 77.9 Å². The minimum absolute atomic E-state index is 0.219. The number of halogens is 2. The molecule has 0 aromatic carbocycles. The molecule has 0 radical (unpaired) electrons. The molecule has 7 heteroatoms. The number of rotatable bonds is 2. The fraction of sp³-hybridized carbons (Fsp3) is 0.143. The highest BCUT2D eigenvalue weighted by molar-refractivity contribution is 5.99. The summed E-state index contributed by atoms with van der Waals surface area (Å²) in [6.07, 6.45) is -2.89. The molecular formula is C7H8F2N4O. The summed E-state index contributed by atoms with van der Waals surface area (Å²) in [6, 6.07) is 1.06. The van der Waals surface area contributed by atoms with E-state index in [4.69, 9.17) is 17.2 Å². The highest BCUT2D eigenvalue weighted by Gasteiger charge is 2.19. The fourth-order valence-corrected chi connectivity index (χ4v) is 0.965. The van der Waals surface area contributed by atoms with E-state index in [2.05, 4.69) is 4.98 Å². The molecule has 1 aromatic heterocycles. The Bertz CT molecular complexity index is 380. The quantitative estimate of drug-likeness (QED) is 0.640. The van der Waals surface area contributed by atoms with Crippen LogP contribution in [0.1, 0.15) is 22.5 Å². The smallest absolute Gasteiger partial charge is 0.282 e. The lowest BCUT2D eigenvalue weighted by molar-refractivity contribution is 0.100. The Hall–Kier alpha value is -1.92. The van der Waals surface area contributed by atoms with Crippen molar-refractivity contribution in [2.45, 2.75) is 6.43 Å². The van der Waals surface area contributed by atoms with Gasteiger partial charge in [-0.05, 0) is 6.07 Å². The number of hydrogen-bond acceptors (Lipinski definition) is 4. The molecule has 1 amide bonds. The van der Waals surface area contributed by atoms with Crippen molar-refractivity contribution >= 4 is 17.4 Å². The second-order valence-electron chi connectivity index (χ2n) is 2.56. The molecule has 0 saturated heterocycles. The molecule has 0 atom stereocenters. The summed E-state index contributed by atoms with van der Waals surface area (Å²) in [5.41, 5.74) is 14.0. The van der Waals surface area contributed by atoms with E-state index in [-0.39, 0.29) is 11.4 Å². The van der Waals surface area contributed by atoms with E-state index >= 15 is 0 Å². The van der Waals surface area contributed by atoms with Gasteiger partial charge in [-0.15, -0.1) is 0 Å². The Morgan fingerprint density at radius 3 is 2.43 bits per heavy atom. The van der Waals surface area contributed by atoms with Crippen molar-refractivity contribution in [2.24, 2.45) is 5.73 Å². The lowest BCUT2D eigenvalue weighted by atomic mass is 10.1. The third-order valence-corrected chi connectivity index (χ3v) is 1.58. The van der Waals surface area contributed by atoms with Crippen LogP contribution in [0.4, 0.5) is 20.3 Å². The third-order valence-electron chi connectivity index (χ3n) is 1.58. The van der Waals surface area contributed by atoms with Crippen molar-refractivity contribution in [2.75, 3.05) is 11.5 Å². The van der Waals surface area contributed by atoms with Gasteiger partial charge in [0.05, 0.1) is 11.3 Å². The average molecular weight is 202 g/mol. The topological polar surface area (TPSA) is 108 Å². The van der Waals surface area contributed by atoms with E-state index in [1.165, 1.54) is 0 Å². The zero-order chi connectivity index (χ0) is 10.9. The van der Waals surface area contributed by atoms with Gasteiger partial charge in [-0.1, -0.05) is 0 Å². The molecular weight excluding hydrogens is 194 g/mol. The first-order valence-electron chi connectivity index (χ1n) is 3.57. The first kappa shape index (κ1) is 10.2. The number of amides is 1. The zero-order valence-electron chi connectivity index (χ0n) is 7.00. The lowest BCUT2D eigenvalue weighted by Crippen LogP contribution is -2.16. The summed E-state index contributed by atoms with van der Waals surface area (Å²) in [6.45, 7) is 0. The van der Waals surface area contributed by atoms with Crippen molar-refractivity contribution in [3.8, 4) is 0 Å². The van der Waals surface area contributed by atoms with Crippen LogP contribution in [0.3, 0.4) is 0 Å². The minimum Gasteiger partial charge on any atom is -0.396 e. The van der Waals surface area contributed by atoms with Gasteiger partial charge in [0.25, 0.3) is 12.3 Å². The van der Waals surface area contributed by atoms with Crippen LogP contribution in [0.5, 0.6) is 0 Å². The predicted octanol–water partition coefficient (Wildman–Crippen LogP) is 0.282. The number of hydrogen-bond donors (Lipinski definition) is 3. The molecule has 6 N–H and O–H groups in total. The molecule has 0 spiro atoms. The Morgan fingerprint density at radius 1 is 1.43 bits per heavy atom. The third kappa shape index (κ3) is 1.70. The molecule has 1 heterocycles. The van der Waals surface area contributed by atoms with Crippen LogP contribution in [0, 0.1) is 0 Å².